The zero-order valence-electron chi connectivity index (χ0n) is 9.61. The third-order valence-electron chi connectivity index (χ3n) is 2.26. The molecule has 0 amide bonds. The van der Waals surface area contributed by atoms with Crippen molar-refractivity contribution < 1.29 is 19.0 Å². The molecule has 0 radical (unpaired) electrons. The van der Waals surface area contributed by atoms with Gasteiger partial charge in [0.25, 0.3) is 5.69 Å². The number of nitro benzene ring substituents is 1. The summed E-state index contributed by atoms with van der Waals surface area (Å²) in [5.41, 5.74) is 0.489. The molecule has 0 saturated carbocycles. The van der Waals surface area contributed by atoms with Crippen molar-refractivity contribution >= 4 is 22.9 Å². The van der Waals surface area contributed by atoms with Crippen molar-refractivity contribution in [2.75, 3.05) is 14.2 Å². The van der Waals surface area contributed by atoms with Gasteiger partial charge in [0.05, 0.1) is 35.8 Å². The highest BCUT2D eigenvalue weighted by Gasteiger charge is 2.18. The van der Waals surface area contributed by atoms with E-state index in [0.717, 1.165) is 0 Å². The Morgan fingerprint density at radius 3 is 2.89 bits per heavy atom. The van der Waals surface area contributed by atoms with E-state index in [-0.39, 0.29) is 17.0 Å². The first-order chi connectivity index (χ1) is 8.67. The number of methoxy groups -OCH3 is 1. The van der Waals surface area contributed by atoms with Crippen LogP contribution in [0.3, 0.4) is 0 Å². The van der Waals surface area contributed by atoms with Crippen molar-refractivity contribution in [2.45, 2.75) is 0 Å². The van der Waals surface area contributed by atoms with Crippen molar-refractivity contribution in [1.82, 2.24) is 5.16 Å². The highest BCUT2D eigenvalue weighted by atomic mass is 16.6. The van der Waals surface area contributed by atoms with Crippen LogP contribution in [0.1, 0.15) is 5.69 Å². The van der Waals surface area contributed by atoms with Crippen LogP contribution in [0.15, 0.2) is 21.8 Å². The molecule has 94 valence electrons. The Hall–Kier alpha value is -2.64. The second-order valence-electron chi connectivity index (χ2n) is 3.26. The molecule has 1 aromatic heterocycles. The van der Waals surface area contributed by atoms with Gasteiger partial charge in [-0.1, -0.05) is 10.3 Å². The number of nitrogens with zero attached hydrogens (tertiary/aromatic N) is 3. The first kappa shape index (κ1) is 11.8. The molecule has 8 heteroatoms. The van der Waals surface area contributed by atoms with Gasteiger partial charge in [-0.25, -0.2) is 0 Å². The molecule has 0 aliphatic heterocycles. The smallest absolute Gasteiger partial charge is 0.277 e. The van der Waals surface area contributed by atoms with Crippen LogP contribution in [0.5, 0.6) is 5.75 Å². The van der Waals surface area contributed by atoms with Crippen LogP contribution in [0, 0.1) is 10.1 Å². The number of nitro groups is 1. The molecule has 1 aromatic carbocycles. The molecule has 0 atom stereocenters. The van der Waals surface area contributed by atoms with E-state index in [1.807, 2.05) is 0 Å². The molecule has 0 spiro atoms. The van der Waals surface area contributed by atoms with E-state index in [9.17, 15) is 10.1 Å². The first-order valence-electron chi connectivity index (χ1n) is 4.85. The molecule has 0 saturated heterocycles. The normalized spacial score (nSPS) is 11.0. The van der Waals surface area contributed by atoms with Gasteiger partial charge in [-0.3, -0.25) is 10.1 Å². The summed E-state index contributed by atoms with van der Waals surface area (Å²) in [6, 6.07) is 2.57. The molecule has 18 heavy (non-hydrogen) atoms. The van der Waals surface area contributed by atoms with Crippen molar-refractivity contribution in [1.29, 1.82) is 0 Å². The van der Waals surface area contributed by atoms with Crippen molar-refractivity contribution in [2.24, 2.45) is 5.16 Å². The minimum absolute atomic E-state index is 0.134. The lowest BCUT2D eigenvalue weighted by atomic mass is 10.2. The molecular weight excluding hydrogens is 242 g/mol. The van der Waals surface area contributed by atoms with Gasteiger partial charge in [0, 0.05) is 0 Å². The van der Waals surface area contributed by atoms with Crippen LogP contribution in [-0.4, -0.2) is 30.5 Å². The maximum absolute atomic E-state index is 10.7. The number of oxime groups is 1. The summed E-state index contributed by atoms with van der Waals surface area (Å²) in [6.07, 6.45) is 1.33. The molecule has 0 unspecified atom stereocenters. The van der Waals surface area contributed by atoms with E-state index in [4.69, 9.17) is 9.26 Å². The molecular formula is C10H9N3O5. The van der Waals surface area contributed by atoms with Gasteiger partial charge in [-0.15, -0.1) is 0 Å². The molecule has 0 fully saturated rings. The minimum atomic E-state index is -0.534. The van der Waals surface area contributed by atoms with Gasteiger partial charge in [0.2, 0.25) is 0 Å². The third-order valence-corrected chi connectivity index (χ3v) is 2.26. The predicted molar refractivity (Wildman–Crippen MR) is 61.8 cm³/mol. The van der Waals surface area contributed by atoms with Crippen LogP contribution in [-0.2, 0) is 4.84 Å². The number of ether oxygens (including phenoxy) is 1. The number of hydrogen-bond acceptors (Lipinski definition) is 7. The standard InChI is InChI=1S/C10H9N3O5/c1-16-8-3-6(13(14)15)4-9-10(8)7(12-18-9)5-11-17-2/h3-5H,1-2H3. The van der Waals surface area contributed by atoms with Gasteiger partial charge < -0.3 is 14.1 Å². The lowest BCUT2D eigenvalue weighted by molar-refractivity contribution is -0.384. The molecule has 2 aromatic rings. The van der Waals surface area contributed by atoms with E-state index in [2.05, 4.69) is 15.1 Å². The number of fused-ring (bicyclic) bond motifs is 1. The monoisotopic (exact) mass is 251 g/mol. The van der Waals surface area contributed by atoms with E-state index in [1.54, 1.807) is 0 Å². The van der Waals surface area contributed by atoms with Crippen molar-refractivity contribution in [3.8, 4) is 5.75 Å². The summed E-state index contributed by atoms with van der Waals surface area (Å²) >= 11 is 0. The SMILES string of the molecule is CON=Cc1noc2cc([N+](=O)[O-])cc(OC)c12. The summed E-state index contributed by atoms with van der Waals surface area (Å²) in [6.45, 7) is 0. The summed E-state index contributed by atoms with van der Waals surface area (Å²) in [5.74, 6) is 0.290. The van der Waals surface area contributed by atoms with E-state index in [1.165, 1.54) is 32.6 Å². The van der Waals surface area contributed by atoms with Gasteiger partial charge >= 0.3 is 0 Å². The lowest BCUT2D eigenvalue weighted by Gasteiger charge is -2.00. The Morgan fingerprint density at radius 2 is 2.28 bits per heavy atom. The van der Waals surface area contributed by atoms with E-state index >= 15 is 0 Å². The summed E-state index contributed by atoms with van der Waals surface area (Å²) < 4.78 is 10.1. The van der Waals surface area contributed by atoms with Crippen molar-refractivity contribution in [3.63, 3.8) is 0 Å². The molecule has 2 rings (SSSR count). The largest absolute Gasteiger partial charge is 0.496 e. The number of benzene rings is 1. The average molecular weight is 251 g/mol. The fourth-order valence-corrected chi connectivity index (χ4v) is 1.50. The Labute approximate surface area is 101 Å². The number of non-ortho nitro benzene ring substituents is 1. The quantitative estimate of drug-likeness (QED) is 0.466. The molecule has 1 heterocycles. The molecule has 0 aliphatic carbocycles. The minimum Gasteiger partial charge on any atom is -0.496 e. The molecule has 0 bridgehead atoms. The summed E-state index contributed by atoms with van der Waals surface area (Å²) in [4.78, 5) is 14.7. The van der Waals surface area contributed by atoms with E-state index in [0.29, 0.717) is 11.1 Å². The van der Waals surface area contributed by atoms with Crippen LogP contribution in [0.2, 0.25) is 0 Å². The number of rotatable bonds is 4. The lowest BCUT2D eigenvalue weighted by Crippen LogP contribution is -1.92. The highest BCUT2D eigenvalue weighted by Crippen LogP contribution is 2.32. The van der Waals surface area contributed by atoms with Crippen molar-refractivity contribution in [3.05, 3.63) is 27.9 Å². The first-order valence-corrected chi connectivity index (χ1v) is 4.85. The zero-order valence-corrected chi connectivity index (χ0v) is 9.61. The van der Waals surface area contributed by atoms with Crippen LogP contribution >= 0.6 is 0 Å². The van der Waals surface area contributed by atoms with Crippen LogP contribution in [0.25, 0.3) is 11.0 Å². The fourth-order valence-electron chi connectivity index (χ4n) is 1.50. The Balaban J connectivity index is 2.66. The topological polar surface area (TPSA) is 100.0 Å². The van der Waals surface area contributed by atoms with Crippen LogP contribution in [0.4, 0.5) is 5.69 Å². The Morgan fingerprint density at radius 1 is 1.50 bits per heavy atom. The van der Waals surface area contributed by atoms with Gasteiger partial charge in [0.1, 0.15) is 18.6 Å². The maximum atomic E-state index is 10.7. The molecule has 0 aliphatic rings. The van der Waals surface area contributed by atoms with Gasteiger partial charge in [0.15, 0.2) is 5.58 Å². The number of hydrogen-bond donors (Lipinski definition) is 0. The van der Waals surface area contributed by atoms with Crippen LogP contribution < -0.4 is 4.74 Å². The fraction of sp³-hybridized carbons (Fsp3) is 0.200. The Kier molecular flexibility index (Phi) is 3.09. The second kappa shape index (κ2) is 4.70. The third kappa shape index (κ3) is 1.95. The summed E-state index contributed by atoms with van der Waals surface area (Å²) in [5, 5.41) is 18.5. The molecule has 8 nitrogen and oxygen atoms in total. The zero-order chi connectivity index (χ0) is 13.1. The molecule has 0 N–H and O–H groups in total. The van der Waals surface area contributed by atoms with Gasteiger partial charge in [-0.05, 0) is 0 Å². The van der Waals surface area contributed by atoms with E-state index < -0.39 is 4.92 Å². The highest BCUT2D eigenvalue weighted by molar-refractivity contribution is 6.00. The summed E-state index contributed by atoms with van der Waals surface area (Å²) in [7, 11) is 2.80. The van der Waals surface area contributed by atoms with Gasteiger partial charge in [-0.2, -0.15) is 0 Å². The average Bonchev–Trinajstić information content (AvgIpc) is 2.78. The maximum Gasteiger partial charge on any atom is 0.277 e. The predicted octanol–water partition coefficient (Wildman–Crippen LogP) is 1.72. The number of aromatic nitrogens is 1. The second-order valence-corrected chi connectivity index (χ2v) is 3.26. The Bertz CT molecular complexity index is 619.